The van der Waals surface area contributed by atoms with Crippen LogP contribution in [0.25, 0.3) is 20.9 Å². The molecule has 0 spiro atoms. The van der Waals surface area contributed by atoms with Crippen LogP contribution >= 0.6 is 0 Å². The van der Waals surface area contributed by atoms with E-state index in [2.05, 4.69) is 20.1 Å². The minimum Gasteiger partial charge on any atom is -0.360 e. The molecular formula is C42H36N6O2. The molecule has 0 aliphatic heterocycles. The fourth-order valence-electron chi connectivity index (χ4n) is 6.53. The average molecular weight is 657 g/mol. The number of benzene rings is 6. The van der Waals surface area contributed by atoms with E-state index in [0.717, 1.165) is 33.4 Å². The van der Waals surface area contributed by atoms with Crippen molar-refractivity contribution in [2.75, 3.05) is 13.2 Å². The number of hydrogen-bond acceptors (Lipinski definition) is 4. The molecule has 0 unspecified atom stereocenters. The molecule has 6 aromatic rings. The van der Waals surface area contributed by atoms with Gasteiger partial charge in [0.25, 0.3) is 0 Å². The molecule has 8 heteroatoms. The van der Waals surface area contributed by atoms with E-state index < -0.39 is 23.3 Å². The summed E-state index contributed by atoms with van der Waals surface area (Å²) in [6, 6.07) is 57.8. The van der Waals surface area contributed by atoms with E-state index in [4.69, 9.17) is 9.47 Å². The maximum Gasteiger partial charge on any atom is 0.143 e. The van der Waals surface area contributed by atoms with Crippen LogP contribution in [0, 0.1) is 0 Å². The zero-order chi connectivity index (χ0) is 34.5. The average Bonchev–Trinajstić information content (AvgIpc) is 3.20. The Hall–Kier alpha value is -6.14. The summed E-state index contributed by atoms with van der Waals surface area (Å²) in [5, 5.41) is 8.31. The summed E-state index contributed by atoms with van der Waals surface area (Å²) in [6.07, 6.45) is 0. The van der Waals surface area contributed by atoms with Gasteiger partial charge in [0.2, 0.25) is 0 Å². The summed E-state index contributed by atoms with van der Waals surface area (Å²) in [5.41, 5.74) is 22.9. The molecule has 0 fully saturated rings. The number of nitrogens with zero attached hydrogens (tertiary/aromatic N) is 6. The molecule has 0 bridgehead atoms. The van der Waals surface area contributed by atoms with Gasteiger partial charge in [-0.15, -0.1) is 0 Å². The number of rotatable bonds is 15. The second-order valence-electron chi connectivity index (χ2n) is 11.7. The molecule has 0 aliphatic rings. The first-order chi connectivity index (χ1) is 24.7. The Morgan fingerprint density at radius 2 is 0.580 bits per heavy atom. The SMILES string of the molecule is [N-]=[N+]=N[C@H](COC(c1ccccc1)(c1ccccc1)c1ccccc1)[C@@H](COC(c1ccccc1)(c1ccccc1)c1ccccc1)N=[N+]=[N-]. The largest absolute Gasteiger partial charge is 0.360 e. The molecule has 0 saturated carbocycles. The predicted molar refractivity (Wildman–Crippen MR) is 196 cm³/mol. The van der Waals surface area contributed by atoms with Crippen molar-refractivity contribution in [3.8, 4) is 0 Å². The monoisotopic (exact) mass is 656 g/mol. The van der Waals surface area contributed by atoms with Crippen LogP contribution in [-0.2, 0) is 20.7 Å². The van der Waals surface area contributed by atoms with Crippen molar-refractivity contribution in [3.63, 3.8) is 0 Å². The van der Waals surface area contributed by atoms with Gasteiger partial charge in [-0.2, -0.15) is 0 Å². The Kier molecular flexibility index (Phi) is 11.0. The van der Waals surface area contributed by atoms with Crippen LogP contribution in [0.15, 0.2) is 192 Å². The summed E-state index contributed by atoms with van der Waals surface area (Å²) >= 11 is 0. The molecule has 246 valence electrons. The lowest BCUT2D eigenvalue weighted by molar-refractivity contribution is -0.0219. The molecule has 2 atom stereocenters. The lowest BCUT2D eigenvalue weighted by atomic mass is 9.80. The third kappa shape index (κ3) is 7.01. The molecule has 8 nitrogen and oxygen atoms in total. The third-order valence-electron chi connectivity index (χ3n) is 8.87. The second kappa shape index (κ2) is 16.3. The molecule has 0 aromatic heterocycles. The maximum atomic E-state index is 9.82. The fraction of sp³-hybridized carbons (Fsp3) is 0.143. The van der Waals surface area contributed by atoms with Crippen LogP contribution in [0.3, 0.4) is 0 Å². The highest BCUT2D eigenvalue weighted by molar-refractivity contribution is 5.49. The summed E-state index contributed by atoms with van der Waals surface area (Å²) in [4.78, 5) is 6.37. The van der Waals surface area contributed by atoms with Gasteiger partial charge in [-0.05, 0) is 44.4 Å². The molecule has 6 rings (SSSR count). The van der Waals surface area contributed by atoms with Crippen LogP contribution in [0.2, 0.25) is 0 Å². The first kappa shape index (κ1) is 33.7. The first-order valence-electron chi connectivity index (χ1n) is 16.4. The Balaban J connectivity index is 1.42. The molecule has 0 saturated heterocycles. The lowest BCUT2D eigenvalue weighted by Gasteiger charge is -2.38. The van der Waals surface area contributed by atoms with Crippen LogP contribution in [-0.4, -0.2) is 25.3 Å². The fourth-order valence-corrected chi connectivity index (χ4v) is 6.53. The summed E-state index contributed by atoms with van der Waals surface area (Å²) in [6.45, 7) is -0.157. The minimum absolute atomic E-state index is 0.0786. The Bertz CT molecular complexity index is 1680. The highest BCUT2D eigenvalue weighted by Gasteiger charge is 2.41. The normalized spacial score (nSPS) is 12.6. The van der Waals surface area contributed by atoms with Crippen LogP contribution in [0.5, 0.6) is 0 Å². The van der Waals surface area contributed by atoms with Crippen molar-refractivity contribution in [1.29, 1.82) is 0 Å². The zero-order valence-corrected chi connectivity index (χ0v) is 27.4. The number of ether oxygens (including phenoxy) is 2. The first-order valence-corrected chi connectivity index (χ1v) is 16.4. The van der Waals surface area contributed by atoms with Gasteiger partial charge in [0, 0.05) is 9.82 Å². The quantitative estimate of drug-likeness (QED) is 0.0473. The van der Waals surface area contributed by atoms with Crippen molar-refractivity contribution in [3.05, 3.63) is 236 Å². The van der Waals surface area contributed by atoms with E-state index in [0.29, 0.717) is 0 Å². The highest BCUT2D eigenvalue weighted by Crippen LogP contribution is 2.42. The summed E-state index contributed by atoms with van der Waals surface area (Å²) in [7, 11) is 0. The maximum absolute atomic E-state index is 9.82. The molecule has 0 amide bonds. The van der Waals surface area contributed by atoms with Crippen molar-refractivity contribution >= 4 is 0 Å². The van der Waals surface area contributed by atoms with E-state index in [-0.39, 0.29) is 13.2 Å². The van der Waals surface area contributed by atoms with E-state index in [1.165, 1.54) is 0 Å². The van der Waals surface area contributed by atoms with Crippen molar-refractivity contribution in [1.82, 2.24) is 0 Å². The van der Waals surface area contributed by atoms with Gasteiger partial charge in [-0.1, -0.05) is 192 Å². The van der Waals surface area contributed by atoms with Gasteiger partial charge in [0.1, 0.15) is 11.2 Å². The van der Waals surface area contributed by atoms with Crippen molar-refractivity contribution in [2.45, 2.75) is 23.3 Å². The van der Waals surface area contributed by atoms with E-state index in [1.54, 1.807) is 0 Å². The molecule has 50 heavy (non-hydrogen) atoms. The van der Waals surface area contributed by atoms with Crippen LogP contribution < -0.4 is 0 Å². The third-order valence-corrected chi connectivity index (χ3v) is 8.87. The Morgan fingerprint density at radius 1 is 0.380 bits per heavy atom. The summed E-state index contributed by atoms with van der Waals surface area (Å²) in [5.74, 6) is 0. The van der Waals surface area contributed by atoms with E-state index in [9.17, 15) is 11.1 Å². The van der Waals surface area contributed by atoms with Crippen LogP contribution in [0.4, 0.5) is 0 Å². The minimum atomic E-state index is -1.07. The molecule has 0 heterocycles. The van der Waals surface area contributed by atoms with E-state index in [1.807, 2.05) is 182 Å². The highest BCUT2D eigenvalue weighted by atomic mass is 16.5. The van der Waals surface area contributed by atoms with E-state index >= 15 is 0 Å². The topological polar surface area (TPSA) is 116 Å². The van der Waals surface area contributed by atoms with Gasteiger partial charge in [-0.3, -0.25) is 0 Å². The predicted octanol–water partition coefficient (Wildman–Crippen LogP) is 10.4. The van der Waals surface area contributed by atoms with Gasteiger partial charge in [0.05, 0.1) is 25.3 Å². The molecular weight excluding hydrogens is 621 g/mol. The molecule has 6 aromatic carbocycles. The molecule has 0 N–H and O–H groups in total. The lowest BCUT2D eigenvalue weighted by Crippen LogP contribution is -2.41. The number of hydrogen-bond donors (Lipinski definition) is 0. The molecule has 0 aliphatic carbocycles. The van der Waals surface area contributed by atoms with Gasteiger partial charge < -0.3 is 9.47 Å². The van der Waals surface area contributed by atoms with Crippen molar-refractivity contribution < 1.29 is 9.47 Å². The Morgan fingerprint density at radius 3 is 0.760 bits per heavy atom. The van der Waals surface area contributed by atoms with Gasteiger partial charge in [0.15, 0.2) is 0 Å². The molecule has 0 radical (unpaired) electrons. The standard InChI is InChI=1S/C42H36N6O2/c43-47-45-39(31-49-41(33-19-7-1-8-20-33,34-21-9-2-10-22-34)35-23-11-3-12-24-35)40(46-48-44)32-50-42(36-25-13-4-14-26-36,37-27-15-5-16-28-37)38-29-17-6-18-30-38/h1-30,39-40H,31-32H2/t39-,40-/m1/s1. The summed E-state index contributed by atoms with van der Waals surface area (Å²) < 4.78 is 14.0. The van der Waals surface area contributed by atoms with Crippen LogP contribution in [0.1, 0.15) is 33.4 Å². The smallest absolute Gasteiger partial charge is 0.143 e. The van der Waals surface area contributed by atoms with Gasteiger partial charge in [-0.25, -0.2) is 0 Å². The number of azide groups is 2. The second-order valence-corrected chi connectivity index (χ2v) is 11.7. The zero-order valence-electron chi connectivity index (χ0n) is 27.4. The van der Waals surface area contributed by atoms with Gasteiger partial charge >= 0.3 is 0 Å². The Labute approximate surface area is 291 Å². The van der Waals surface area contributed by atoms with Crippen molar-refractivity contribution in [2.24, 2.45) is 10.2 Å².